The maximum Gasteiger partial charge on any atom is 0.266 e. The van der Waals surface area contributed by atoms with Crippen LogP contribution in [0.2, 0.25) is 0 Å². The van der Waals surface area contributed by atoms with E-state index in [1.165, 1.54) is 20.2 Å². The molecule has 1 saturated heterocycles. The summed E-state index contributed by atoms with van der Waals surface area (Å²) in [5, 5.41) is 0. The van der Waals surface area contributed by atoms with Gasteiger partial charge in [0.2, 0.25) is 5.91 Å². The van der Waals surface area contributed by atoms with E-state index in [-0.39, 0.29) is 35.6 Å². The fourth-order valence-electron chi connectivity index (χ4n) is 3.60. The van der Waals surface area contributed by atoms with Gasteiger partial charge in [0.1, 0.15) is 11.8 Å². The van der Waals surface area contributed by atoms with Crippen LogP contribution in [0.25, 0.3) is 0 Å². The van der Waals surface area contributed by atoms with Crippen molar-refractivity contribution in [3.63, 3.8) is 0 Å². The molecule has 4 amide bonds. The summed E-state index contributed by atoms with van der Waals surface area (Å²) < 4.78 is 11.2. The van der Waals surface area contributed by atoms with Crippen LogP contribution in [0.4, 0.5) is 0 Å². The Morgan fingerprint density at radius 3 is 2.31 bits per heavy atom. The second kappa shape index (κ2) is 7.05. The Balaban J connectivity index is 1.71. The van der Waals surface area contributed by atoms with Crippen LogP contribution < -0.4 is 9.47 Å². The number of likely N-dealkylation sites (N-methyl/N-ethyl adjacent to an activating group) is 1. The molecular formula is C21H18N2O6. The highest BCUT2D eigenvalue weighted by molar-refractivity contribution is 6.24. The second-order valence-corrected chi connectivity index (χ2v) is 6.76. The van der Waals surface area contributed by atoms with Crippen LogP contribution in [0.1, 0.15) is 33.6 Å². The lowest BCUT2D eigenvalue weighted by Gasteiger charge is -2.32. The zero-order valence-corrected chi connectivity index (χ0v) is 15.9. The summed E-state index contributed by atoms with van der Waals surface area (Å²) in [4.78, 5) is 52.3. The molecule has 0 aromatic heterocycles. The van der Waals surface area contributed by atoms with Gasteiger partial charge in [0, 0.05) is 13.5 Å². The minimum Gasteiger partial charge on any atom is -0.493 e. The number of piperidine rings is 1. The molecule has 2 heterocycles. The monoisotopic (exact) mass is 394 g/mol. The topological polar surface area (TPSA) is 93.2 Å². The summed E-state index contributed by atoms with van der Waals surface area (Å²) >= 11 is 0. The number of carbonyl (C=O) groups is 4. The van der Waals surface area contributed by atoms with E-state index in [2.05, 4.69) is 0 Å². The van der Waals surface area contributed by atoms with Crippen molar-refractivity contribution in [3.8, 4) is 17.2 Å². The standard InChI is InChI=1S/C21H18N2O6/c1-22-17(24)11-10-13(20(22)26)23-19(25)12-6-5-9-16(18(12)21(23)27)29-15-8-4-3-7-14(15)28-2/h3-9,13H,10-11H2,1-2H3. The predicted molar refractivity (Wildman–Crippen MR) is 101 cm³/mol. The zero-order chi connectivity index (χ0) is 20.7. The summed E-state index contributed by atoms with van der Waals surface area (Å²) in [5.41, 5.74) is 0.255. The third-order valence-electron chi connectivity index (χ3n) is 5.13. The number of likely N-dealkylation sites (tertiary alicyclic amines) is 1. The molecule has 8 heteroatoms. The van der Waals surface area contributed by atoms with E-state index < -0.39 is 23.8 Å². The van der Waals surface area contributed by atoms with Crippen LogP contribution >= 0.6 is 0 Å². The Morgan fingerprint density at radius 2 is 1.59 bits per heavy atom. The van der Waals surface area contributed by atoms with Gasteiger partial charge in [-0.25, -0.2) is 0 Å². The fourth-order valence-corrected chi connectivity index (χ4v) is 3.60. The summed E-state index contributed by atoms with van der Waals surface area (Å²) in [6.07, 6.45) is 0.195. The highest BCUT2D eigenvalue weighted by Gasteiger charge is 2.47. The van der Waals surface area contributed by atoms with Gasteiger partial charge in [-0.05, 0) is 30.7 Å². The van der Waals surface area contributed by atoms with Crippen molar-refractivity contribution >= 4 is 23.6 Å². The number of ether oxygens (including phenoxy) is 2. The number of nitrogens with zero attached hydrogens (tertiary/aromatic N) is 2. The number of amides is 4. The van der Waals surface area contributed by atoms with Crippen molar-refractivity contribution in [1.29, 1.82) is 0 Å². The van der Waals surface area contributed by atoms with Crippen LogP contribution in [0.15, 0.2) is 42.5 Å². The van der Waals surface area contributed by atoms with Crippen LogP contribution in [0.5, 0.6) is 17.2 Å². The zero-order valence-electron chi connectivity index (χ0n) is 15.9. The minimum atomic E-state index is -1.01. The van der Waals surface area contributed by atoms with E-state index in [1.807, 2.05) is 0 Å². The fraction of sp³-hybridized carbons (Fsp3) is 0.238. The van der Waals surface area contributed by atoms with Gasteiger partial charge in [0.15, 0.2) is 11.5 Å². The van der Waals surface area contributed by atoms with E-state index in [0.717, 1.165) is 9.80 Å². The maximum absolute atomic E-state index is 13.1. The largest absolute Gasteiger partial charge is 0.493 e. The molecule has 1 unspecified atom stereocenters. The van der Waals surface area contributed by atoms with Crippen LogP contribution in [0, 0.1) is 0 Å². The van der Waals surface area contributed by atoms with E-state index in [1.54, 1.807) is 36.4 Å². The minimum absolute atomic E-state index is 0.0882. The van der Waals surface area contributed by atoms with Gasteiger partial charge in [0.05, 0.1) is 18.2 Å². The molecule has 2 aliphatic rings. The number of rotatable bonds is 4. The Kier molecular flexibility index (Phi) is 4.54. The SMILES string of the molecule is COc1ccccc1Oc1cccc2c1C(=O)N(C1CCC(=O)N(C)C1=O)C2=O. The first-order chi connectivity index (χ1) is 13.9. The third-order valence-corrected chi connectivity index (χ3v) is 5.13. The smallest absolute Gasteiger partial charge is 0.266 e. The molecule has 0 bridgehead atoms. The molecule has 0 aliphatic carbocycles. The molecule has 2 aromatic rings. The molecule has 29 heavy (non-hydrogen) atoms. The van der Waals surface area contributed by atoms with Crippen molar-refractivity contribution in [2.75, 3.05) is 14.2 Å². The molecule has 0 radical (unpaired) electrons. The van der Waals surface area contributed by atoms with Crippen LogP contribution in [-0.4, -0.2) is 53.6 Å². The molecule has 0 saturated carbocycles. The quantitative estimate of drug-likeness (QED) is 0.739. The Hall–Kier alpha value is -3.68. The molecule has 0 N–H and O–H groups in total. The Labute approximate surface area is 166 Å². The first kappa shape index (κ1) is 18.7. The van der Waals surface area contributed by atoms with Gasteiger partial charge in [-0.2, -0.15) is 0 Å². The Morgan fingerprint density at radius 1 is 0.897 bits per heavy atom. The van der Waals surface area contributed by atoms with Crippen molar-refractivity contribution in [2.45, 2.75) is 18.9 Å². The molecule has 2 aliphatic heterocycles. The molecule has 0 spiro atoms. The summed E-state index contributed by atoms with van der Waals surface area (Å²) in [6.45, 7) is 0. The van der Waals surface area contributed by atoms with E-state index in [9.17, 15) is 19.2 Å². The first-order valence-corrected chi connectivity index (χ1v) is 9.06. The van der Waals surface area contributed by atoms with E-state index in [0.29, 0.717) is 11.5 Å². The molecule has 148 valence electrons. The molecule has 1 atom stereocenters. The van der Waals surface area contributed by atoms with Crippen molar-refractivity contribution < 1.29 is 28.7 Å². The van der Waals surface area contributed by atoms with Gasteiger partial charge in [0.25, 0.3) is 17.7 Å². The lowest BCUT2D eigenvalue weighted by Crippen LogP contribution is -2.54. The highest BCUT2D eigenvalue weighted by atomic mass is 16.5. The Bertz CT molecular complexity index is 1050. The van der Waals surface area contributed by atoms with E-state index >= 15 is 0 Å². The average Bonchev–Trinajstić information content (AvgIpc) is 2.98. The normalized spacial score (nSPS) is 18.9. The van der Waals surface area contributed by atoms with Crippen molar-refractivity contribution in [3.05, 3.63) is 53.6 Å². The molecular weight excluding hydrogens is 376 g/mol. The van der Waals surface area contributed by atoms with Gasteiger partial charge in [-0.3, -0.25) is 29.0 Å². The van der Waals surface area contributed by atoms with E-state index in [4.69, 9.17) is 9.47 Å². The lowest BCUT2D eigenvalue weighted by molar-refractivity contribution is -0.149. The summed E-state index contributed by atoms with van der Waals surface area (Å²) in [7, 11) is 2.85. The molecule has 4 rings (SSSR count). The van der Waals surface area contributed by atoms with Crippen molar-refractivity contribution in [2.24, 2.45) is 0 Å². The summed E-state index contributed by atoms with van der Waals surface area (Å²) in [5.74, 6) is -1.03. The lowest BCUT2D eigenvalue weighted by atomic mass is 10.0. The number of carbonyl (C=O) groups excluding carboxylic acids is 4. The third kappa shape index (κ3) is 2.93. The predicted octanol–water partition coefficient (Wildman–Crippen LogP) is 2.23. The molecule has 2 aromatic carbocycles. The van der Waals surface area contributed by atoms with Gasteiger partial charge in [-0.15, -0.1) is 0 Å². The van der Waals surface area contributed by atoms with Gasteiger partial charge >= 0.3 is 0 Å². The van der Waals surface area contributed by atoms with Crippen molar-refractivity contribution in [1.82, 2.24) is 9.80 Å². The van der Waals surface area contributed by atoms with Crippen LogP contribution in [0.3, 0.4) is 0 Å². The van der Waals surface area contributed by atoms with Gasteiger partial charge in [-0.1, -0.05) is 18.2 Å². The number of imide groups is 2. The van der Waals surface area contributed by atoms with Crippen LogP contribution in [-0.2, 0) is 9.59 Å². The molecule has 8 nitrogen and oxygen atoms in total. The second-order valence-electron chi connectivity index (χ2n) is 6.76. The molecule has 1 fully saturated rings. The highest BCUT2D eigenvalue weighted by Crippen LogP contribution is 2.38. The number of hydrogen-bond donors (Lipinski definition) is 0. The maximum atomic E-state index is 13.1. The number of hydrogen-bond acceptors (Lipinski definition) is 6. The number of fused-ring (bicyclic) bond motifs is 1. The average molecular weight is 394 g/mol. The number of benzene rings is 2. The van der Waals surface area contributed by atoms with Gasteiger partial charge < -0.3 is 9.47 Å². The number of methoxy groups -OCH3 is 1. The first-order valence-electron chi connectivity index (χ1n) is 9.06. The number of para-hydroxylation sites is 2. The summed E-state index contributed by atoms with van der Waals surface area (Å²) in [6, 6.07) is 10.6.